The SMILES string of the molecule is CCCC[C@H](NC(=O)[C@H](Cc1cccc2ccccc12)CS(=O)(=O)CC(COC(C)=O)=NOC)C(=O)OCc1ccccc1. The third-order valence-electron chi connectivity index (χ3n) is 6.89. The Balaban J connectivity index is 1.87. The average Bonchev–Trinajstić information content (AvgIpc) is 3.00. The molecular formula is C33H40N2O8S. The molecule has 236 valence electrons. The van der Waals surface area contributed by atoms with Crippen LogP contribution in [0.4, 0.5) is 0 Å². The normalized spacial score (nSPS) is 13.1. The van der Waals surface area contributed by atoms with Gasteiger partial charge in [0.05, 0.1) is 17.4 Å². The molecule has 0 saturated carbocycles. The van der Waals surface area contributed by atoms with Crippen molar-refractivity contribution in [2.45, 2.75) is 52.2 Å². The first-order valence-electron chi connectivity index (χ1n) is 14.5. The number of oxime groups is 1. The van der Waals surface area contributed by atoms with Crippen LogP contribution in [0.2, 0.25) is 0 Å². The van der Waals surface area contributed by atoms with Gasteiger partial charge in [0.1, 0.15) is 32.1 Å². The number of ether oxygens (including phenoxy) is 2. The van der Waals surface area contributed by atoms with Crippen LogP contribution in [0.3, 0.4) is 0 Å². The van der Waals surface area contributed by atoms with Gasteiger partial charge in [-0.05, 0) is 34.7 Å². The molecule has 0 fully saturated rings. The molecule has 10 nitrogen and oxygen atoms in total. The van der Waals surface area contributed by atoms with Gasteiger partial charge in [-0.25, -0.2) is 13.2 Å². The Morgan fingerprint density at radius 2 is 1.64 bits per heavy atom. The van der Waals surface area contributed by atoms with Crippen LogP contribution >= 0.6 is 0 Å². The Labute approximate surface area is 258 Å². The van der Waals surface area contributed by atoms with Crippen molar-refractivity contribution in [2.24, 2.45) is 11.1 Å². The van der Waals surface area contributed by atoms with E-state index in [1.165, 1.54) is 14.0 Å². The summed E-state index contributed by atoms with van der Waals surface area (Å²) < 4.78 is 37.3. The first-order valence-corrected chi connectivity index (χ1v) is 16.3. The summed E-state index contributed by atoms with van der Waals surface area (Å²) in [6.45, 7) is 2.85. The van der Waals surface area contributed by atoms with Crippen LogP contribution in [-0.2, 0) is 51.6 Å². The molecule has 1 N–H and O–H groups in total. The number of carbonyl (C=O) groups excluding carboxylic acids is 3. The standard InChI is InChI=1S/C33H40N2O8S/c1-4-5-18-31(33(38)43-20-25-12-7-6-8-13-25)34-32(37)28(19-27-16-11-15-26-14-9-10-17-30(26)27)22-44(39,40)23-29(35-41-3)21-42-24(2)36/h6-17,28,31H,4-5,18-23H2,1-3H3,(H,34,37)/t28-,31+/m1/s1. The maximum Gasteiger partial charge on any atom is 0.328 e. The fourth-order valence-corrected chi connectivity index (χ4v) is 6.41. The van der Waals surface area contributed by atoms with Crippen molar-refractivity contribution in [1.82, 2.24) is 5.32 Å². The lowest BCUT2D eigenvalue weighted by Crippen LogP contribution is -2.46. The second-order valence-corrected chi connectivity index (χ2v) is 12.6. The van der Waals surface area contributed by atoms with Gasteiger partial charge in [0.25, 0.3) is 0 Å². The number of amides is 1. The summed E-state index contributed by atoms with van der Waals surface area (Å²) in [5, 5.41) is 8.35. The molecule has 0 radical (unpaired) electrons. The number of hydrogen-bond acceptors (Lipinski definition) is 9. The molecular weight excluding hydrogens is 584 g/mol. The fraction of sp³-hybridized carbons (Fsp3) is 0.394. The van der Waals surface area contributed by atoms with E-state index in [-0.39, 0.29) is 25.3 Å². The zero-order valence-electron chi connectivity index (χ0n) is 25.4. The van der Waals surface area contributed by atoms with Gasteiger partial charge in [-0.3, -0.25) is 9.59 Å². The summed E-state index contributed by atoms with van der Waals surface area (Å²) >= 11 is 0. The summed E-state index contributed by atoms with van der Waals surface area (Å²) in [6.07, 6.45) is 1.89. The van der Waals surface area contributed by atoms with Crippen LogP contribution in [-0.4, -0.2) is 63.2 Å². The Morgan fingerprint density at radius 1 is 0.932 bits per heavy atom. The minimum atomic E-state index is -3.97. The molecule has 1 amide bonds. The molecule has 0 spiro atoms. The van der Waals surface area contributed by atoms with Crippen LogP contribution in [0.15, 0.2) is 78.0 Å². The van der Waals surface area contributed by atoms with Crippen LogP contribution in [0.5, 0.6) is 0 Å². The number of hydrogen-bond donors (Lipinski definition) is 1. The van der Waals surface area contributed by atoms with Gasteiger partial charge in [-0.2, -0.15) is 0 Å². The monoisotopic (exact) mass is 624 g/mol. The first-order chi connectivity index (χ1) is 21.1. The first kappa shape index (κ1) is 34.2. The predicted octanol–water partition coefficient (Wildman–Crippen LogP) is 4.40. The second kappa shape index (κ2) is 17.1. The van der Waals surface area contributed by atoms with Gasteiger partial charge >= 0.3 is 11.9 Å². The highest BCUT2D eigenvalue weighted by atomic mass is 32.2. The largest absolute Gasteiger partial charge is 0.460 e. The number of rotatable bonds is 17. The van der Waals surface area contributed by atoms with E-state index in [2.05, 4.69) is 10.5 Å². The van der Waals surface area contributed by atoms with Crippen molar-refractivity contribution in [2.75, 3.05) is 25.2 Å². The van der Waals surface area contributed by atoms with E-state index >= 15 is 0 Å². The maximum atomic E-state index is 13.8. The lowest BCUT2D eigenvalue weighted by molar-refractivity contribution is -0.149. The molecule has 0 aromatic heterocycles. The Hall–Kier alpha value is -4.25. The predicted molar refractivity (Wildman–Crippen MR) is 169 cm³/mol. The van der Waals surface area contributed by atoms with Crippen molar-refractivity contribution in [3.63, 3.8) is 0 Å². The molecule has 2 atom stereocenters. The van der Waals surface area contributed by atoms with Gasteiger partial charge in [0.2, 0.25) is 5.91 Å². The number of nitrogens with one attached hydrogen (secondary N) is 1. The van der Waals surface area contributed by atoms with Gasteiger partial charge in [-0.15, -0.1) is 0 Å². The molecule has 3 rings (SSSR count). The van der Waals surface area contributed by atoms with Crippen LogP contribution in [0.25, 0.3) is 10.8 Å². The number of nitrogens with zero attached hydrogens (tertiary/aromatic N) is 1. The zero-order chi connectivity index (χ0) is 32.0. The number of unbranched alkanes of at least 4 members (excludes halogenated alkanes) is 1. The zero-order valence-corrected chi connectivity index (χ0v) is 26.2. The van der Waals surface area contributed by atoms with Gasteiger partial charge in [0.15, 0.2) is 9.84 Å². The molecule has 0 aliphatic heterocycles. The molecule has 11 heteroatoms. The summed E-state index contributed by atoms with van der Waals surface area (Å²) in [7, 11) is -2.71. The van der Waals surface area contributed by atoms with Crippen molar-refractivity contribution in [3.05, 3.63) is 83.9 Å². The molecule has 0 unspecified atom stereocenters. The van der Waals surface area contributed by atoms with Gasteiger partial charge in [-0.1, -0.05) is 97.7 Å². The molecule has 3 aromatic carbocycles. The quantitative estimate of drug-likeness (QED) is 0.133. The highest BCUT2D eigenvalue weighted by Crippen LogP contribution is 2.23. The summed E-state index contributed by atoms with van der Waals surface area (Å²) in [5.74, 6) is -3.93. The minimum Gasteiger partial charge on any atom is -0.460 e. The second-order valence-electron chi connectivity index (χ2n) is 10.5. The lowest BCUT2D eigenvalue weighted by Gasteiger charge is -2.23. The Kier molecular flexibility index (Phi) is 13.3. The number of fused-ring (bicyclic) bond motifs is 1. The lowest BCUT2D eigenvalue weighted by atomic mass is 9.95. The van der Waals surface area contributed by atoms with Crippen molar-refractivity contribution in [3.8, 4) is 0 Å². The highest BCUT2D eigenvalue weighted by molar-refractivity contribution is 7.92. The van der Waals surface area contributed by atoms with E-state index in [1.807, 2.05) is 79.7 Å². The van der Waals surface area contributed by atoms with E-state index in [4.69, 9.17) is 14.3 Å². The molecule has 0 bridgehead atoms. The van der Waals surface area contributed by atoms with Crippen LogP contribution in [0, 0.1) is 5.92 Å². The molecule has 0 saturated heterocycles. The maximum absolute atomic E-state index is 13.8. The third kappa shape index (κ3) is 11.1. The number of benzene rings is 3. The van der Waals surface area contributed by atoms with Crippen molar-refractivity contribution >= 4 is 44.2 Å². The summed E-state index contributed by atoms with van der Waals surface area (Å²) in [5.41, 5.74) is 1.59. The van der Waals surface area contributed by atoms with E-state index in [0.717, 1.165) is 28.3 Å². The van der Waals surface area contributed by atoms with E-state index < -0.39 is 51.1 Å². The molecule has 44 heavy (non-hydrogen) atoms. The summed E-state index contributed by atoms with van der Waals surface area (Å²) in [4.78, 5) is 43.0. The fourth-order valence-electron chi connectivity index (χ4n) is 4.77. The van der Waals surface area contributed by atoms with E-state index in [1.54, 1.807) is 0 Å². The number of carbonyl (C=O) groups is 3. The Bertz CT molecular complexity index is 1530. The van der Waals surface area contributed by atoms with Crippen molar-refractivity contribution < 1.29 is 37.1 Å². The Morgan fingerprint density at radius 3 is 2.34 bits per heavy atom. The molecule has 0 aliphatic carbocycles. The molecule has 0 heterocycles. The minimum absolute atomic E-state index is 0.0164. The van der Waals surface area contributed by atoms with Crippen LogP contribution in [0.1, 0.15) is 44.2 Å². The van der Waals surface area contributed by atoms with E-state index in [0.29, 0.717) is 12.8 Å². The average molecular weight is 625 g/mol. The smallest absolute Gasteiger partial charge is 0.328 e. The third-order valence-corrected chi connectivity index (χ3v) is 8.58. The van der Waals surface area contributed by atoms with E-state index in [9.17, 15) is 22.8 Å². The topological polar surface area (TPSA) is 137 Å². The summed E-state index contributed by atoms with van der Waals surface area (Å²) in [6, 6.07) is 21.6. The molecule has 0 aliphatic rings. The van der Waals surface area contributed by atoms with Gasteiger partial charge in [0, 0.05) is 6.92 Å². The van der Waals surface area contributed by atoms with Crippen molar-refractivity contribution in [1.29, 1.82) is 0 Å². The molecule has 3 aromatic rings. The highest BCUT2D eigenvalue weighted by Gasteiger charge is 2.31. The van der Waals surface area contributed by atoms with Crippen LogP contribution < -0.4 is 5.32 Å². The number of esters is 2. The number of sulfone groups is 1. The van der Waals surface area contributed by atoms with Gasteiger partial charge < -0.3 is 19.6 Å².